The zero-order chi connectivity index (χ0) is 13.8. The van der Waals surface area contributed by atoms with E-state index < -0.39 is 17.8 Å². The molecule has 0 aliphatic heterocycles. The fourth-order valence-corrected chi connectivity index (χ4v) is 1.84. The van der Waals surface area contributed by atoms with Crippen LogP contribution < -0.4 is 11.1 Å². The van der Waals surface area contributed by atoms with Crippen LogP contribution in [0.15, 0.2) is 48.5 Å². The van der Waals surface area contributed by atoms with Crippen molar-refractivity contribution in [2.45, 2.75) is 6.04 Å². The molecule has 2 rings (SSSR count). The molecule has 0 aliphatic rings. The zero-order valence-corrected chi connectivity index (χ0v) is 10.7. The number of para-hydroxylation sites is 1. The maximum Gasteiger partial charge on any atom is 0.246 e. The summed E-state index contributed by atoms with van der Waals surface area (Å²) in [5.74, 6) is -1.11. The molecular weight excluding hydrogens is 267 g/mol. The fourth-order valence-electron chi connectivity index (χ4n) is 1.63. The van der Waals surface area contributed by atoms with Crippen LogP contribution in [-0.2, 0) is 4.79 Å². The number of anilines is 1. The first-order valence-electron chi connectivity index (χ1n) is 5.65. The van der Waals surface area contributed by atoms with Gasteiger partial charge in [-0.05, 0) is 17.7 Å². The first-order valence-corrected chi connectivity index (χ1v) is 6.03. The van der Waals surface area contributed by atoms with Crippen LogP contribution in [0, 0.1) is 5.82 Å². The van der Waals surface area contributed by atoms with Gasteiger partial charge in [0.15, 0.2) is 0 Å². The van der Waals surface area contributed by atoms with Crippen molar-refractivity contribution in [3.63, 3.8) is 0 Å². The highest BCUT2D eigenvalue weighted by molar-refractivity contribution is 6.33. The smallest absolute Gasteiger partial charge is 0.246 e. The van der Waals surface area contributed by atoms with E-state index in [4.69, 9.17) is 17.3 Å². The van der Waals surface area contributed by atoms with E-state index in [0.717, 1.165) is 0 Å². The monoisotopic (exact) mass is 278 g/mol. The maximum absolute atomic E-state index is 13.5. The topological polar surface area (TPSA) is 55.1 Å². The molecule has 0 aliphatic carbocycles. The van der Waals surface area contributed by atoms with Gasteiger partial charge < -0.3 is 11.1 Å². The van der Waals surface area contributed by atoms with Gasteiger partial charge >= 0.3 is 0 Å². The van der Waals surface area contributed by atoms with Crippen LogP contribution in [0.4, 0.5) is 10.1 Å². The molecule has 0 fully saturated rings. The van der Waals surface area contributed by atoms with Crippen LogP contribution in [0.5, 0.6) is 0 Å². The first kappa shape index (κ1) is 13.5. The lowest BCUT2D eigenvalue weighted by molar-refractivity contribution is -0.117. The van der Waals surface area contributed by atoms with Crippen LogP contribution >= 0.6 is 11.6 Å². The van der Waals surface area contributed by atoms with Crippen molar-refractivity contribution in [2.24, 2.45) is 5.73 Å². The molecule has 0 radical (unpaired) electrons. The minimum absolute atomic E-state index is 0.0550. The van der Waals surface area contributed by atoms with Crippen molar-refractivity contribution in [1.29, 1.82) is 0 Å². The lowest BCUT2D eigenvalue weighted by Gasteiger charge is -2.13. The lowest BCUT2D eigenvalue weighted by atomic mass is 10.1. The molecular formula is C14H12ClFN2O. The SMILES string of the molecule is N[C@H](C(=O)Nc1c(F)cccc1Cl)c1ccccc1. The van der Waals surface area contributed by atoms with Crippen molar-refractivity contribution in [3.8, 4) is 0 Å². The van der Waals surface area contributed by atoms with Crippen molar-refractivity contribution >= 4 is 23.2 Å². The molecule has 0 unspecified atom stereocenters. The Morgan fingerprint density at radius 1 is 1.16 bits per heavy atom. The molecule has 2 aromatic rings. The number of rotatable bonds is 3. The molecule has 0 spiro atoms. The Bertz CT molecular complexity index is 569. The minimum atomic E-state index is -0.878. The van der Waals surface area contributed by atoms with Crippen LogP contribution in [0.1, 0.15) is 11.6 Å². The number of hydrogen-bond donors (Lipinski definition) is 2. The Morgan fingerprint density at radius 3 is 2.47 bits per heavy atom. The number of halogens is 2. The number of nitrogens with two attached hydrogens (primary N) is 1. The zero-order valence-electron chi connectivity index (χ0n) is 9.94. The van der Waals surface area contributed by atoms with Gasteiger partial charge in [-0.1, -0.05) is 48.0 Å². The third-order valence-electron chi connectivity index (χ3n) is 2.65. The molecule has 19 heavy (non-hydrogen) atoms. The first-order chi connectivity index (χ1) is 9.09. The van der Waals surface area contributed by atoms with Gasteiger partial charge in [-0.15, -0.1) is 0 Å². The molecule has 0 saturated heterocycles. The van der Waals surface area contributed by atoms with Crippen molar-refractivity contribution in [3.05, 3.63) is 64.9 Å². The van der Waals surface area contributed by atoms with Crippen LogP contribution in [-0.4, -0.2) is 5.91 Å². The third-order valence-corrected chi connectivity index (χ3v) is 2.97. The van der Waals surface area contributed by atoms with Gasteiger partial charge in [-0.3, -0.25) is 4.79 Å². The number of carbonyl (C=O) groups excluding carboxylic acids is 1. The summed E-state index contributed by atoms with van der Waals surface area (Å²) in [4.78, 5) is 12.0. The average Bonchev–Trinajstić information content (AvgIpc) is 2.43. The standard InChI is InChI=1S/C14H12ClFN2O/c15-10-7-4-8-11(16)13(10)18-14(19)12(17)9-5-2-1-3-6-9/h1-8,12H,17H2,(H,18,19)/t12-/m0/s1. The summed E-state index contributed by atoms with van der Waals surface area (Å²) >= 11 is 5.83. The number of benzene rings is 2. The summed E-state index contributed by atoms with van der Waals surface area (Å²) in [6.07, 6.45) is 0. The highest BCUT2D eigenvalue weighted by Gasteiger charge is 2.18. The molecule has 0 bridgehead atoms. The summed E-state index contributed by atoms with van der Waals surface area (Å²) < 4.78 is 13.5. The molecule has 2 aromatic carbocycles. The molecule has 3 N–H and O–H groups in total. The maximum atomic E-state index is 13.5. The minimum Gasteiger partial charge on any atom is -0.321 e. The Morgan fingerprint density at radius 2 is 1.84 bits per heavy atom. The van der Waals surface area contributed by atoms with Crippen LogP contribution in [0.25, 0.3) is 0 Å². The highest BCUT2D eigenvalue weighted by atomic mass is 35.5. The Hall–Kier alpha value is -1.91. The Balaban J connectivity index is 2.18. The van der Waals surface area contributed by atoms with Gasteiger partial charge in [0.2, 0.25) is 5.91 Å². The van der Waals surface area contributed by atoms with E-state index in [-0.39, 0.29) is 10.7 Å². The van der Waals surface area contributed by atoms with Gasteiger partial charge in [0.25, 0.3) is 0 Å². The quantitative estimate of drug-likeness (QED) is 0.906. The van der Waals surface area contributed by atoms with Gasteiger partial charge in [-0.2, -0.15) is 0 Å². The predicted octanol–water partition coefficient (Wildman–Crippen LogP) is 3.12. The Labute approximate surface area is 115 Å². The van der Waals surface area contributed by atoms with E-state index >= 15 is 0 Å². The van der Waals surface area contributed by atoms with E-state index in [2.05, 4.69) is 5.32 Å². The van der Waals surface area contributed by atoms with E-state index in [1.165, 1.54) is 18.2 Å². The van der Waals surface area contributed by atoms with E-state index in [9.17, 15) is 9.18 Å². The second kappa shape index (κ2) is 5.82. The van der Waals surface area contributed by atoms with Gasteiger partial charge in [0, 0.05) is 0 Å². The van der Waals surface area contributed by atoms with Gasteiger partial charge in [-0.25, -0.2) is 4.39 Å². The molecule has 1 amide bonds. The molecule has 3 nitrogen and oxygen atoms in total. The number of hydrogen-bond acceptors (Lipinski definition) is 2. The summed E-state index contributed by atoms with van der Waals surface area (Å²) in [7, 11) is 0. The van der Waals surface area contributed by atoms with Crippen LogP contribution in [0.2, 0.25) is 5.02 Å². The highest BCUT2D eigenvalue weighted by Crippen LogP contribution is 2.25. The fraction of sp³-hybridized carbons (Fsp3) is 0.0714. The Kier molecular flexibility index (Phi) is 4.14. The molecule has 98 valence electrons. The van der Waals surface area contributed by atoms with E-state index in [1.807, 2.05) is 6.07 Å². The largest absolute Gasteiger partial charge is 0.321 e. The number of carbonyl (C=O) groups is 1. The summed E-state index contributed by atoms with van der Waals surface area (Å²) in [6.45, 7) is 0. The second-order valence-corrected chi connectivity index (χ2v) is 4.38. The average molecular weight is 279 g/mol. The normalized spacial score (nSPS) is 11.9. The van der Waals surface area contributed by atoms with Crippen molar-refractivity contribution in [2.75, 3.05) is 5.32 Å². The summed E-state index contributed by atoms with van der Waals surface area (Å²) in [5.41, 5.74) is 6.40. The molecule has 0 aromatic heterocycles. The molecule has 0 saturated carbocycles. The molecule has 0 heterocycles. The number of nitrogens with one attached hydrogen (secondary N) is 1. The third kappa shape index (κ3) is 3.10. The van der Waals surface area contributed by atoms with Gasteiger partial charge in [0.05, 0.1) is 10.7 Å². The van der Waals surface area contributed by atoms with Gasteiger partial charge in [0.1, 0.15) is 11.9 Å². The molecule has 1 atom stereocenters. The van der Waals surface area contributed by atoms with Crippen LogP contribution in [0.3, 0.4) is 0 Å². The predicted molar refractivity (Wildman–Crippen MR) is 73.4 cm³/mol. The van der Waals surface area contributed by atoms with E-state index in [0.29, 0.717) is 5.56 Å². The molecule has 5 heteroatoms. The summed E-state index contributed by atoms with van der Waals surface area (Å²) in [6, 6.07) is 12.1. The van der Waals surface area contributed by atoms with E-state index in [1.54, 1.807) is 24.3 Å². The number of amides is 1. The second-order valence-electron chi connectivity index (χ2n) is 3.97. The van der Waals surface area contributed by atoms with Crippen molar-refractivity contribution in [1.82, 2.24) is 0 Å². The lowest BCUT2D eigenvalue weighted by Crippen LogP contribution is -2.28. The summed E-state index contributed by atoms with van der Waals surface area (Å²) in [5, 5.41) is 2.54. The van der Waals surface area contributed by atoms with Crippen molar-refractivity contribution < 1.29 is 9.18 Å².